The van der Waals surface area contributed by atoms with Crippen molar-refractivity contribution in [1.82, 2.24) is 0 Å². The zero-order chi connectivity index (χ0) is 9.68. The highest BCUT2D eigenvalue weighted by molar-refractivity contribution is 7.84. The molecule has 1 aromatic rings. The van der Waals surface area contributed by atoms with Crippen LogP contribution in [0.3, 0.4) is 0 Å². The van der Waals surface area contributed by atoms with Gasteiger partial charge in [0.1, 0.15) is 6.29 Å². The lowest BCUT2D eigenvalue weighted by Crippen LogP contribution is -2.01. The minimum Gasteiger partial charge on any atom is -0.302 e. The lowest BCUT2D eigenvalue weighted by molar-refractivity contribution is -0.105. The van der Waals surface area contributed by atoms with E-state index in [-0.39, 0.29) is 5.75 Å². The fourth-order valence-electron chi connectivity index (χ4n) is 1.12. The summed E-state index contributed by atoms with van der Waals surface area (Å²) in [5.74, 6) is 0.606. The van der Waals surface area contributed by atoms with Crippen molar-refractivity contribution in [3.05, 3.63) is 35.4 Å². The molecule has 0 amide bonds. The molecular weight excluding hydrogens is 184 g/mol. The second kappa shape index (κ2) is 4.92. The van der Waals surface area contributed by atoms with Crippen LogP contribution in [-0.2, 0) is 21.3 Å². The van der Waals surface area contributed by atoms with Crippen molar-refractivity contribution in [3.63, 3.8) is 0 Å². The molecule has 0 radical (unpaired) electrons. The molecule has 0 heterocycles. The van der Waals surface area contributed by atoms with Gasteiger partial charge in [0.15, 0.2) is 0 Å². The number of carbonyl (C=O) groups is 1. The summed E-state index contributed by atoms with van der Waals surface area (Å²) >= 11 is 0. The van der Waals surface area contributed by atoms with E-state index in [1.165, 1.54) is 0 Å². The molecule has 0 aromatic heterocycles. The predicted octanol–water partition coefficient (Wildman–Crippen LogP) is 1.44. The van der Waals surface area contributed by atoms with Crippen LogP contribution in [0.1, 0.15) is 11.1 Å². The summed E-state index contributed by atoms with van der Waals surface area (Å²) in [6.07, 6.45) is 0.700. The standard InChI is InChI=1S/C10H12O2S/c1-9-3-2-4-10(7-9)8-13(12)6-5-11/h2-5,7H,6,8H2,1H3. The van der Waals surface area contributed by atoms with E-state index in [0.29, 0.717) is 12.0 Å². The number of benzene rings is 1. The Morgan fingerprint density at radius 2 is 2.23 bits per heavy atom. The fourth-order valence-corrected chi connectivity index (χ4v) is 1.94. The molecule has 0 aliphatic heterocycles. The topological polar surface area (TPSA) is 34.1 Å². The van der Waals surface area contributed by atoms with Gasteiger partial charge in [-0.15, -0.1) is 0 Å². The van der Waals surface area contributed by atoms with Crippen LogP contribution in [0.25, 0.3) is 0 Å². The first-order valence-electron chi connectivity index (χ1n) is 4.06. The van der Waals surface area contributed by atoms with Crippen molar-refractivity contribution in [2.24, 2.45) is 0 Å². The summed E-state index contributed by atoms with van der Waals surface area (Å²) in [6, 6.07) is 7.84. The minimum absolute atomic E-state index is 0.133. The summed E-state index contributed by atoms with van der Waals surface area (Å²) in [4.78, 5) is 10.1. The van der Waals surface area contributed by atoms with Gasteiger partial charge in [-0.05, 0) is 12.5 Å². The Morgan fingerprint density at radius 1 is 1.46 bits per heavy atom. The van der Waals surface area contributed by atoms with Crippen LogP contribution < -0.4 is 0 Å². The molecule has 1 aromatic carbocycles. The van der Waals surface area contributed by atoms with Crippen molar-refractivity contribution in [2.45, 2.75) is 12.7 Å². The van der Waals surface area contributed by atoms with Gasteiger partial charge in [0.05, 0.1) is 5.75 Å². The average Bonchev–Trinajstić information content (AvgIpc) is 2.04. The van der Waals surface area contributed by atoms with Crippen LogP contribution in [-0.4, -0.2) is 16.2 Å². The van der Waals surface area contributed by atoms with Gasteiger partial charge in [-0.2, -0.15) is 0 Å². The van der Waals surface area contributed by atoms with Crippen molar-refractivity contribution in [2.75, 3.05) is 5.75 Å². The first-order chi connectivity index (χ1) is 6.22. The Kier molecular flexibility index (Phi) is 3.83. The molecule has 0 fully saturated rings. The summed E-state index contributed by atoms with van der Waals surface area (Å²) < 4.78 is 11.2. The molecule has 0 bridgehead atoms. The Balaban J connectivity index is 2.63. The number of hydrogen-bond donors (Lipinski definition) is 0. The van der Waals surface area contributed by atoms with E-state index in [2.05, 4.69) is 0 Å². The van der Waals surface area contributed by atoms with E-state index < -0.39 is 10.8 Å². The number of aryl methyl sites for hydroxylation is 1. The molecule has 2 nitrogen and oxygen atoms in total. The van der Waals surface area contributed by atoms with Gasteiger partial charge in [-0.3, -0.25) is 4.21 Å². The Bertz CT molecular complexity index is 320. The number of aldehydes is 1. The van der Waals surface area contributed by atoms with Gasteiger partial charge < -0.3 is 4.79 Å². The van der Waals surface area contributed by atoms with Gasteiger partial charge in [-0.25, -0.2) is 0 Å². The van der Waals surface area contributed by atoms with Crippen LogP contribution in [0.5, 0.6) is 0 Å². The predicted molar refractivity (Wildman–Crippen MR) is 54.0 cm³/mol. The van der Waals surface area contributed by atoms with Crippen LogP contribution in [0.2, 0.25) is 0 Å². The molecule has 70 valence electrons. The quantitative estimate of drug-likeness (QED) is 0.683. The molecule has 1 atom stereocenters. The lowest BCUT2D eigenvalue weighted by Gasteiger charge is -2.00. The van der Waals surface area contributed by atoms with Gasteiger partial charge in [-0.1, -0.05) is 29.8 Å². The summed E-state index contributed by atoms with van der Waals surface area (Å²) in [5, 5.41) is 0. The second-order valence-corrected chi connectivity index (χ2v) is 4.41. The molecule has 1 unspecified atom stereocenters. The van der Waals surface area contributed by atoms with Gasteiger partial charge >= 0.3 is 0 Å². The minimum atomic E-state index is -1.05. The maximum absolute atomic E-state index is 11.2. The molecule has 0 aliphatic carbocycles. The fraction of sp³-hybridized carbons (Fsp3) is 0.300. The third kappa shape index (κ3) is 3.51. The highest BCUT2D eigenvalue weighted by atomic mass is 32.2. The van der Waals surface area contributed by atoms with E-state index in [0.717, 1.165) is 11.1 Å². The molecule has 0 saturated carbocycles. The molecule has 13 heavy (non-hydrogen) atoms. The van der Waals surface area contributed by atoms with E-state index in [1.807, 2.05) is 31.2 Å². The maximum atomic E-state index is 11.2. The van der Waals surface area contributed by atoms with Crippen molar-refractivity contribution < 1.29 is 9.00 Å². The van der Waals surface area contributed by atoms with Gasteiger partial charge in [0.25, 0.3) is 0 Å². The summed E-state index contributed by atoms with van der Waals surface area (Å²) in [5.41, 5.74) is 2.18. The average molecular weight is 196 g/mol. The number of carbonyl (C=O) groups excluding carboxylic acids is 1. The van der Waals surface area contributed by atoms with Gasteiger partial charge in [0, 0.05) is 16.6 Å². The Labute approximate surface area is 80.4 Å². The summed E-state index contributed by atoms with van der Waals surface area (Å²) in [7, 11) is -1.05. The third-order valence-corrected chi connectivity index (χ3v) is 2.83. The lowest BCUT2D eigenvalue weighted by atomic mass is 10.2. The molecule has 0 N–H and O–H groups in total. The Hall–Kier alpha value is -0.960. The van der Waals surface area contributed by atoms with Crippen molar-refractivity contribution in [3.8, 4) is 0 Å². The zero-order valence-corrected chi connectivity index (χ0v) is 8.34. The van der Waals surface area contributed by atoms with E-state index >= 15 is 0 Å². The maximum Gasteiger partial charge on any atom is 0.132 e. The van der Waals surface area contributed by atoms with Crippen LogP contribution in [0.15, 0.2) is 24.3 Å². The van der Waals surface area contributed by atoms with Crippen molar-refractivity contribution in [1.29, 1.82) is 0 Å². The van der Waals surface area contributed by atoms with Crippen LogP contribution in [0, 0.1) is 6.92 Å². The second-order valence-electron chi connectivity index (χ2n) is 2.91. The first-order valence-corrected chi connectivity index (χ1v) is 5.55. The normalized spacial score (nSPS) is 12.4. The number of rotatable bonds is 4. The molecule has 3 heteroatoms. The first kappa shape index (κ1) is 10.1. The van der Waals surface area contributed by atoms with E-state index in [9.17, 15) is 9.00 Å². The molecule has 0 spiro atoms. The van der Waals surface area contributed by atoms with Gasteiger partial charge in [0.2, 0.25) is 0 Å². The molecule has 0 aliphatic rings. The Morgan fingerprint density at radius 3 is 2.85 bits per heavy atom. The van der Waals surface area contributed by atoms with E-state index in [4.69, 9.17) is 0 Å². The highest BCUT2D eigenvalue weighted by Gasteiger charge is 2.00. The highest BCUT2D eigenvalue weighted by Crippen LogP contribution is 2.06. The zero-order valence-electron chi connectivity index (χ0n) is 7.53. The molecule has 0 saturated heterocycles. The smallest absolute Gasteiger partial charge is 0.132 e. The molecule has 1 rings (SSSR count). The SMILES string of the molecule is Cc1cccc(CS(=O)CC=O)c1. The van der Waals surface area contributed by atoms with Crippen LogP contribution >= 0.6 is 0 Å². The monoisotopic (exact) mass is 196 g/mol. The third-order valence-electron chi connectivity index (χ3n) is 1.66. The largest absolute Gasteiger partial charge is 0.302 e. The van der Waals surface area contributed by atoms with Crippen molar-refractivity contribution >= 4 is 17.1 Å². The number of hydrogen-bond acceptors (Lipinski definition) is 2. The van der Waals surface area contributed by atoms with E-state index in [1.54, 1.807) is 0 Å². The molecular formula is C10H12O2S. The van der Waals surface area contributed by atoms with Crippen LogP contribution in [0.4, 0.5) is 0 Å². The summed E-state index contributed by atoms with van der Waals surface area (Å²) in [6.45, 7) is 1.99.